The van der Waals surface area contributed by atoms with E-state index in [1.807, 2.05) is 37.3 Å². The zero-order chi connectivity index (χ0) is 18.4. The van der Waals surface area contributed by atoms with Crippen molar-refractivity contribution < 1.29 is 9.47 Å². The van der Waals surface area contributed by atoms with E-state index in [2.05, 4.69) is 20.6 Å². The lowest BCUT2D eigenvalue weighted by molar-refractivity contribution is 0.355. The zero-order valence-corrected chi connectivity index (χ0v) is 15.2. The molecule has 3 rings (SSSR count). The summed E-state index contributed by atoms with van der Waals surface area (Å²) in [6.07, 6.45) is 2.60. The minimum Gasteiger partial charge on any atom is -0.493 e. The Morgan fingerprint density at radius 1 is 0.923 bits per heavy atom. The highest BCUT2D eigenvalue weighted by molar-refractivity contribution is 5.83. The largest absolute Gasteiger partial charge is 0.493 e. The average molecular weight is 353 g/mol. The van der Waals surface area contributed by atoms with Crippen molar-refractivity contribution in [2.75, 3.05) is 37.9 Å². The first-order chi connectivity index (χ1) is 12.7. The van der Waals surface area contributed by atoms with Crippen molar-refractivity contribution in [1.29, 1.82) is 0 Å². The minimum atomic E-state index is 0.630. The van der Waals surface area contributed by atoms with Crippen molar-refractivity contribution in [3.05, 3.63) is 42.2 Å². The van der Waals surface area contributed by atoms with Crippen molar-refractivity contribution in [2.45, 2.75) is 13.3 Å². The molecule has 136 valence electrons. The van der Waals surface area contributed by atoms with E-state index in [4.69, 9.17) is 14.5 Å². The maximum atomic E-state index is 5.36. The second kappa shape index (κ2) is 8.33. The van der Waals surface area contributed by atoms with Gasteiger partial charge in [0.15, 0.2) is 23.1 Å². The Labute approximate surface area is 152 Å². The Hall–Kier alpha value is -3.09. The van der Waals surface area contributed by atoms with Crippen molar-refractivity contribution >= 4 is 22.7 Å². The lowest BCUT2D eigenvalue weighted by Crippen LogP contribution is -2.12. The van der Waals surface area contributed by atoms with Crippen LogP contribution in [0.3, 0.4) is 0 Å². The molecule has 0 spiro atoms. The Bertz CT molecular complexity index is 871. The molecule has 0 saturated heterocycles. The van der Waals surface area contributed by atoms with Crippen LogP contribution >= 0.6 is 0 Å². The standard InChI is InChI=1S/C19H23N5O2/c1-4-20-18-19(22-10-8-13-7-5-6-9-21-13)24-15-12-17(26-3)16(25-2)11-14(15)23-18/h5-7,9,11-12H,4,8,10H2,1-3H3,(H,20,23)(H,22,24). The monoisotopic (exact) mass is 353 g/mol. The number of nitrogens with zero attached hydrogens (tertiary/aromatic N) is 3. The molecule has 2 aromatic heterocycles. The van der Waals surface area contributed by atoms with Gasteiger partial charge in [-0.05, 0) is 19.1 Å². The molecular weight excluding hydrogens is 330 g/mol. The maximum absolute atomic E-state index is 5.36. The molecule has 1 aromatic carbocycles. The number of methoxy groups -OCH3 is 2. The van der Waals surface area contributed by atoms with Crippen LogP contribution in [-0.2, 0) is 6.42 Å². The fraction of sp³-hybridized carbons (Fsp3) is 0.316. The normalized spacial score (nSPS) is 10.6. The Morgan fingerprint density at radius 2 is 1.58 bits per heavy atom. The Morgan fingerprint density at radius 3 is 2.12 bits per heavy atom. The number of rotatable bonds is 8. The van der Waals surface area contributed by atoms with Gasteiger partial charge in [-0.1, -0.05) is 6.07 Å². The van der Waals surface area contributed by atoms with Crippen molar-refractivity contribution in [2.24, 2.45) is 0 Å². The van der Waals surface area contributed by atoms with Gasteiger partial charge < -0.3 is 20.1 Å². The molecular formula is C19H23N5O2. The summed E-state index contributed by atoms with van der Waals surface area (Å²) in [5.74, 6) is 2.69. The predicted molar refractivity (Wildman–Crippen MR) is 103 cm³/mol. The van der Waals surface area contributed by atoms with Crippen LogP contribution in [0.2, 0.25) is 0 Å². The van der Waals surface area contributed by atoms with E-state index in [0.717, 1.165) is 29.7 Å². The van der Waals surface area contributed by atoms with Crippen molar-refractivity contribution in [3.8, 4) is 11.5 Å². The number of hydrogen-bond acceptors (Lipinski definition) is 7. The van der Waals surface area contributed by atoms with Crippen LogP contribution in [0.15, 0.2) is 36.5 Å². The third kappa shape index (κ3) is 3.93. The second-order valence-electron chi connectivity index (χ2n) is 5.64. The molecule has 7 heteroatoms. The van der Waals surface area contributed by atoms with Crippen LogP contribution < -0.4 is 20.1 Å². The van der Waals surface area contributed by atoms with Gasteiger partial charge in [0.2, 0.25) is 0 Å². The van der Waals surface area contributed by atoms with E-state index in [-0.39, 0.29) is 0 Å². The second-order valence-corrected chi connectivity index (χ2v) is 5.64. The molecule has 0 aliphatic rings. The highest BCUT2D eigenvalue weighted by atomic mass is 16.5. The number of hydrogen-bond donors (Lipinski definition) is 2. The summed E-state index contributed by atoms with van der Waals surface area (Å²) in [5.41, 5.74) is 2.52. The van der Waals surface area contributed by atoms with Crippen LogP contribution in [0.4, 0.5) is 11.6 Å². The Balaban J connectivity index is 1.88. The third-order valence-corrected chi connectivity index (χ3v) is 3.91. The number of anilines is 2. The number of nitrogens with one attached hydrogen (secondary N) is 2. The molecule has 0 fully saturated rings. The summed E-state index contributed by atoms with van der Waals surface area (Å²) in [7, 11) is 3.21. The summed E-state index contributed by atoms with van der Waals surface area (Å²) in [5, 5.41) is 6.62. The smallest absolute Gasteiger partial charge is 0.169 e. The van der Waals surface area contributed by atoms with E-state index >= 15 is 0 Å². The number of ether oxygens (including phenoxy) is 2. The van der Waals surface area contributed by atoms with Gasteiger partial charge in [-0.2, -0.15) is 0 Å². The van der Waals surface area contributed by atoms with Crippen LogP contribution in [-0.4, -0.2) is 42.3 Å². The molecule has 26 heavy (non-hydrogen) atoms. The molecule has 0 aliphatic carbocycles. The molecule has 3 aromatic rings. The van der Waals surface area contributed by atoms with Gasteiger partial charge in [-0.25, -0.2) is 9.97 Å². The van der Waals surface area contributed by atoms with E-state index in [1.165, 1.54) is 0 Å². The van der Waals surface area contributed by atoms with E-state index in [1.54, 1.807) is 20.4 Å². The summed E-state index contributed by atoms with van der Waals surface area (Å²) in [4.78, 5) is 13.7. The van der Waals surface area contributed by atoms with Crippen LogP contribution in [0.25, 0.3) is 11.0 Å². The first-order valence-electron chi connectivity index (χ1n) is 8.56. The fourth-order valence-corrected chi connectivity index (χ4v) is 2.65. The summed E-state index contributed by atoms with van der Waals surface area (Å²) < 4.78 is 10.7. The number of pyridine rings is 1. The SMILES string of the molecule is CCNc1nc2cc(OC)c(OC)cc2nc1NCCc1ccccn1. The van der Waals surface area contributed by atoms with Gasteiger partial charge in [0.05, 0.1) is 25.3 Å². The molecule has 2 N–H and O–H groups in total. The highest BCUT2D eigenvalue weighted by Crippen LogP contribution is 2.32. The maximum Gasteiger partial charge on any atom is 0.169 e. The van der Waals surface area contributed by atoms with Crippen LogP contribution in [0.1, 0.15) is 12.6 Å². The Kier molecular flexibility index (Phi) is 5.68. The van der Waals surface area contributed by atoms with Gasteiger partial charge in [0.1, 0.15) is 0 Å². The first-order valence-corrected chi connectivity index (χ1v) is 8.56. The molecule has 7 nitrogen and oxygen atoms in total. The van der Waals surface area contributed by atoms with Gasteiger partial charge >= 0.3 is 0 Å². The molecule has 0 unspecified atom stereocenters. The first kappa shape index (κ1) is 17.7. The zero-order valence-electron chi connectivity index (χ0n) is 15.2. The molecule has 0 amide bonds. The van der Waals surface area contributed by atoms with Crippen LogP contribution in [0, 0.1) is 0 Å². The minimum absolute atomic E-state index is 0.630. The number of aromatic nitrogens is 3. The van der Waals surface area contributed by atoms with Gasteiger partial charge in [0.25, 0.3) is 0 Å². The topological polar surface area (TPSA) is 81.2 Å². The van der Waals surface area contributed by atoms with E-state index < -0.39 is 0 Å². The van der Waals surface area contributed by atoms with E-state index in [9.17, 15) is 0 Å². The van der Waals surface area contributed by atoms with E-state index in [0.29, 0.717) is 29.7 Å². The van der Waals surface area contributed by atoms with Gasteiger partial charge in [-0.3, -0.25) is 4.98 Å². The highest BCUT2D eigenvalue weighted by Gasteiger charge is 2.12. The summed E-state index contributed by atoms with van der Waals surface area (Å²) in [6.45, 7) is 3.49. The third-order valence-electron chi connectivity index (χ3n) is 3.91. The summed E-state index contributed by atoms with van der Waals surface area (Å²) >= 11 is 0. The molecule has 0 atom stereocenters. The van der Waals surface area contributed by atoms with Gasteiger partial charge in [0, 0.05) is 43.5 Å². The average Bonchev–Trinajstić information content (AvgIpc) is 2.68. The quantitative estimate of drug-likeness (QED) is 0.644. The predicted octanol–water partition coefficient (Wildman–Crippen LogP) is 3.13. The molecule has 2 heterocycles. The lowest BCUT2D eigenvalue weighted by Gasteiger charge is -2.14. The number of fused-ring (bicyclic) bond motifs is 1. The van der Waals surface area contributed by atoms with Crippen molar-refractivity contribution in [1.82, 2.24) is 15.0 Å². The molecule has 0 aliphatic heterocycles. The molecule has 0 saturated carbocycles. The molecule has 0 bridgehead atoms. The molecule has 0 radical (unpaired) electrons. The number of benzene rings is 1. The van der Waals surface area contributed by atoms with Crippen molar-refractivity contribution in [3.63, 3.8) is 0 Å². The van der Waals surface area contributed by atoms with Gasteiger partial charge in [-0.15, -0.1) is 0 Å². The fourth-order valence-electron chi connectivity index (χ4n) is 2.65. The summed E-state index contributed by atoms with van der Waals surface area (Å²) in [6, 6.07) is 9.58. The lowest BCUT2D eigenvalue weighted by atomic mass is 10.2. The van der Waals surface area contributed by atoms with Crippen LogP contribution in [0.5, 0.6) is 11.5 Å².